The molecule has 0 saturated carbocycles. The van der Waals surface area contributed by atoms with Gasteiger partial charge in [0.05, 0.1) is 18.1 Å². The van der Waals surface area contributed by atoms with Crippen molar-refractivity contribution in [2.75, 3.05) is 31.6 Å². The Hall–Kier alpha value is -1.73. The van der Waals surface area contributed by atoms with Crippen LogP contribution in [0.4, 0.5) is 11.4 Å². The monoisotopic (exact) mass is 280 g/mol. The topological polar surface area (TPSA) is 80.5 Å². The lowest BCUT2D eigenvalue weighted by atomic mass is 10.2. The first-order valence-electron chi connectivity index (χ1n) is 6.75. The van der Waals surface area contributed by atoms with Crippen LogP contribution in [0.25, 0.3) is 0 Å². The number of anilines is 1. The van der Waals surface area contributed by atoms with E-state index in [-0.39, 0.29) is 11.7 Å². The summed E-state index contributed by atoms with van der Waals surface area (Å²) in [6.07, 6.45) is 2.82. The van der Waals surface area contributed by atoms with Crippen molar-refractivity contribution in [3.63, 3.8) is 0 Å². The standard InChI is InChI=1S/C13H20N4O3/c1-10(16-5-6-20-9-11(16)2)7-15-12-3-4-14-8-13(12)17(18)19/h3-4,8,10-11H,5-7,9H2,1-2H3,(H,14,15)/t10-,11-/m0/s1. The average Bonchev–Trinajstić information content (AvgIpc) is 2.45. The van der Waals surface area contributed by atoms with Crippen molar-refractivity contribution in [1.29, 1.82) is 0 Å². The zero-order valence-corrected chi connectivity index (χ0v) is 11.8. The maximum absolute atomic E-state index is 10.9. The molecule has 2 heterocycles. The molecule has 0 radical (unpaired) electrons. The minimum atomic E-state index is -0.419. The zero-order chi connectivity index (χ0) is 14.5. The van der Waals surface area contributed by atoms with Crippen molar-refractivity contribution in [2.24, 2.45) is 0 Å². The second-order valence-electron chi connectivity index (χ2n) is 5.04. The number of aromatic nitrogens is 1. The number of hydrogen-bond donors (Lipinski definition) is 1. The Morgan fingerprint density at radius 1 is 1.70 bits per heavy atom. The van der Waals surface area contributed by atoms with E-state index in [0.29, 0.717) is 18.3 Å². The van der Waals surface area contributed by atoms with Crippen LogP contribution in [0.3, 0.4) is 0 Å². The van der Waals surface area contributed by atoms with Crippen molar-refractivity contribution in [1.82, 2.24) is 9.88 Å². The Kier molecular flexibility index (Phi) is 4.86. The number of nitrogens with one attached hydrogen (secondary N) is 1. The molecule has 2 atom stereocenters. The van der Waals surface area contributed by atoms with E-state index in [1.807, 2.05) is 0 Å². The van der Waals surface area contributed by atoms with Crippen LogP contribution in [0.1, 0.15) is 13.8 Å². The molecule has 1 aromatic rings. The molecule has 20 heavy (non-hydrogen) atoms. The summed E-state index contributed by atoms with van der Waals surface area (Å²) < 4.78 is 5.42. The molecular weight excluding hydrogens is 260 g/mol. The summed E-state index contributed by atoms with van der Waals surface area (Å²) in [7, 11) is 0. The first kappa shape index (κ1) is 14.7. The molecule has 7 heteroatoms. The van der Waals surface area contributed by atoms with Crippen LogP contribution in [-0.2, 0) is 4.74 Å². The van der Waals surface area contributed by atoms with Gasteiger partial charge < -0.3 is 10.1 Å². The van der Waals surface area contributed by atoms with Crippen LogP contribution >= 0.6 is 0 Å². The lowest BCUT2D eigenvalue weighted by Gasteiger charge is -2.38. The molecule has 1 N–H and O–H groups in total. The fraction of sp³-hybridized carbons (Fsp3) is 0.615. The highest BCUT2D eigenvalue weighted by molar-refractivity contribution is 5.59. The molecule has 1 saturated heterocycles. The molecule has 110 valence electrons. The zero-order valence-electron chi connectivity index (χ0n) is 11.8. The van der Waals surface area contributed by atoms with Crippen molar-refractivity contribution < 1.29 is 9.66 Å². The second-order valence-corrected chi connectivity index (χ2v) is 5.04. The van der Waals surface area contributed by atoms with Gasteiger partial charge in [0.2, 0.25) is 0 Å². The molecule has 1 aliphatic rings. The summed E-state index contributed by atoms with van der Waals surface area (Å²) in [5, 5.41) is 14.1. The molecule has 1 fully saturated rings. The third-order valence-corrected chi connectivity index (χ3v) is 3.57. The third-order valence-electron chi connectivity index (χ3n) is 3.57. The third kappa shape index (κ3) is 3.43. The lowest BCUT2D eigenvalue weighted by molar-refractivity contribution is -0.384. The van der Waals surface area contributed by atoms with Gasteiger partial charge in [-0.2, -0.15) is 0 Å². The number of nitrogens with zero attached hydrogens (tertiary/aromatic N) is 3. The smallest absolute Gasteiger partial charge is 0.310 e. The van der Waals surface area contributed by atoms with Crippen LogP contribution in [0.5, 0.6) is 0 Å². The lowest BCUT2D eigenvalue weighted by Crippen LogP contribution is -2.50. The minimum absolute atomic E-state index is 0.00901. The van der Waals surface area contributed by atoms with E-state index in [2.05, 4.69) is 29.0 Å². The molecular formula is C13H20N4O3. The summed E-state index contributed by atoms with van der Waals surface area (Å²) >= 11 is 0. The minimum Gasteiger partial charge on any atom is -0.379 e. The quantitative estimate of drug-likeness (QED) is 0.650. The summed E-state index contributed by atoms with van der Waals surface area (Å²) in [5.74, 6) is 0. The van der Waals surface area contributed by atoms with Gasteiger partial charge in [0, 0.05) is 31.4 Å². The summed E-state index contributed by atoms with van der Waals surface area (Å²) in [5.41, 5.74) is 0.521. The maximum Gasteiger partial charge on any atom is 0.310 e. The van der Waals surface area contributed by atoms with Gasteiger partial charge in [-0.1, -0.05) is 0 Å². The molecule has 7 nitrogen and oxygen atoms in total. The molecule has 1 aliphatic heterocycles. The van der Waals surface area contributed by atoms with Crippen LogP contribution in [0.15, 0.2) is 18.5 Å². The highest BCUT2D eigenvalue weighted by Gasteiger charge is 2.24. The van der Waals surface area contributed by atoms with Crippen LogP contribution < -0.4 is 5.32 Å². The summed E-state index contributed by atoms with van der Waals surface area (Å²) in [6, 6.07) is 2.28. The van der Waals surface area contributed by atoms with Gasteiger partial charge in [-0.05, 0) is 19.9 Å². The second kappa shape index (κ2) is 6.62. The van der Waals surface area contributed by atoms with E-state index in [1.165, 1.54) is 6.20 Å². The number of ether oxygens (including phenoxy) is 1. The Balaban J connectivity index is 1.96. The van der Waals surface area contributed by atoms with E-state index >= 15 is 0 Å². The summed E-state index contributed by atoms with van der Waals surface area (Å²) in [4.78, 5) is 16.6. The van der Waals surface area contributed by atoms with Crippen molar-refractivity contribution in [3.05, 3.63) is 28.6 Å². The average molecular weight is 280 g/mol. The molecule has 0 spiro atoms. The van der Waals surface area contributed by atoms with E-state index in [0.717, 1.165) is 19.8 Å². The molecule has 0 amide bonds. The predicted molar refractivity (Wildman–Crippen MR) is 75.8 cm³/mol. The Bertz CT molecular complexity index is 469. The van der Waals surface area contributed by atoms with E-state index < -0.39 is 4.92 Å². The van der Waals surface area contributed by atoms with Gasteiger partial charge in [0.25, 0.3) is 0 Å². The van der Waals surface area contributed by atoms with E-state index in [1.54, 1.807) is 12.3 Å². The van der Waals surface area contributed by atoms with E-state index in [4.69, 9.17) is 4.74 Å². The maximum atomic E-state index is 10.9. The van der Waals surface area contributed by atoms with Crippen LogP contribution in [0.2, 0.25) is 0 Å². The highest BCUT2D eigenvalue weighted by atomic mass is 16.6. The van der Waals surface area contributed by atoms with Crippen LogP contribution in [0, 0.1) is 10.1 Å². The summed E-state index contributed by atoms with van der Waals surface area (Å²) in [6.45, 7) is 7.26. The molecule has 0 bridgehead atoms. The Morgan fingerprint density at radius 3 is 3.20 bits per heavy atom. The predicted octanol–water partition coefficient (Wildman–Crippen LogP) is 1.51. The normalized spacial score (nSPS) is 21.4. The Morgan fingerprint density at radius 2 is 2.50 bits per heavy atom. The number of nitro groups is 1. The van der Waals surface area contributed by atoms with Gasteiger partial charge in [-0.25, -0.2) is 0 Å². The van der Waals surface area contributed by atoms with Crippen molar-refractivity contribution >= 4 is 11.4 Å². The molecule has 0 unspecified atom stereocenters. The van der Waals surface area contributed by atoms with Gasteiger partial charge in [-0.3, -0.25) is 20.0 Å². The first-order valence-corrected chi connectivity index (χ1v) is 6.75. The molecule has 0 aliphatic carbocycles. The van der Waals surface area contributed by atoms with E-state index in [9.17, 15) is 10.1 Å². The SMILES string of the molecule is C[C@@H](CNc1ccncc1[N+](=O)[O-])N1CCOC[C@@H]1C. The van der Waals surface area contributed by atoms with Gasteiger partial charge in [-0.15, -0.1) is 0 Å². The van der Waals surface area contributed by atoms with Crippen LogP contribution in [-0.4, -0.2) is 53.2 Å². The van der Waals surface area contributed by atoms with Gasteiger partial charge >= 0.3 is 5.69 Å². The number of hydrogen-bond acceptors (Lipinski definition) is 6. The number of morpholine rings is 1. The molecule has 1 aromatic heterocycles. The van der Waals surface area contributed by atoms with Gasteiger partial charge in [0.15, 0.2) is 0 Å². The van der Waals surface area contributed by atoms with Crippen molar-refractivity contribution in [3.8, 4) is 0 Å². The Labute approximate surface area is 118 Å². The van der Waals surface area contributed by atoms with Gasteiger partial charge in [0.1, 0.15) is 11.9 Å². The fourth-order valence-corrected chi connectivity index (χ4v) is 2.45. The number of rotatable bonds is 5. The molecule has 2 rings (SSSR count). The number of pyridine rings is 1. The largest absolute Gasteiger partial charge is 0.379 e. The first-order chi connectivity index (χ1) is 9.59. The fourth-order valence-electron chi connectivity index (χ4n) is 2.45. The van der Waals surface area contributed by atoms with Crippen molar-refractivity contribution in [2.45, 2.75) is 25.9 Å². The molecule has 0 aromatic carbocycles. The highest BCUT2D eigenvalue weighted by Crippen LogP contribution is 2.22.